The maximum absolute atomic E-state index is 14.0. The van der Waals surface area contributed by atoms with E-state index < -0.39 is 23.6 Å². The van der Waals surface area contributed by atoms with Crippen LogP contribution < -0.4 is 4.89 Å². The second-order valence-electron chi connectivity index (χ2n) is 8.20. The van der Waals surface area contributed by atoms with Gasteiger partial charge >= 0.3 is 12.1 Å². The fourth-order valence-electron chi connectivity index (χ4n) is 4.02. The van der Waals surface area contributed by atoms with E-state index in [-0.39, 0.29) is 35.2 Å². The maximum Gasteiger partial charge on any atom is 0.417 e. The molecule has 1 unspecified atom stereocenters. The number of alkyl halides is 3. The van der Waals surface area contributed by atoms with Gasteiger partial charge < -0.3 is 14.5 Å². The zero-order valence-corrected chi connectivity index (χ0v) is 19.8. The number of likely N-dealkylation sites (tertiary alicyclic amines) is 1. The van der Waals surface area contributed by atoms with Gasteiger partial charge in [0, 0.05) is 40.4 Å². The molecule has 2 aliphatic heterocycles. The Kier molecular flexibility index (Phi) is 7.42. The molecule has 0 aromatic heterocycles. The van der Waals surface area contributed by atoms with Crippen LogP contribution in [0.3, 0.4) is 0 Å². The highest BCUT2D eigenvalue weighted by Gasteiger charge is 2.36. The van der Waals surface area contributed by atoms with Crippen molar-refractivity contribution < 1.29 is 37.3 Å². The van der Waals surface area contributed by atoms with Gasteiger partial charge in [0.15, 0.2) is 5.75 Å². The monoisotopic (exact) mass is 507 g/mol. The number of rotatable bonds is 6. The number of fused-ring (bicyclic) bond motifs is 1. The third kappa shape index (κ3) is 5.65. The topological polar surface area (TPSA) is 65.1 Å². The zero-order valence-electron chi connectivity index (χ0n) is 19.0. The van der Waals surface area contributed by atoms with Crippen LogP contribution in [-0.4, -0.2) is 43.1 Å². The van der Waals surface area contributed by atoms with Gasteiger partial charge in [0.1, 0.15) is 0 Å². The number of benzene rings is 2. The predicted octanol–water partition coefficient (Wildman–Crippen LogP) is 5.15. The quantitative estimate of drug-likeness (QED) is 0.306. The van der Waals surface area contributed by atoms with Gasteiger partial charge in [-0.15, -0.1) is 0 Å². The first-order valence-corrected chi connectivity index (χ1v) is 12.0. The molecule has 10 heteroatoms. The normalized spacial score (nSPS) is 17.5. The van der Waals surface area contributed by atoms with Gasteiger partial charge in [0.05, 0.1) is 24.7 Å². The van der Waals surface area contributed by atoms with Gasteiger partial charge in [-0.1, -0.05) is 24.4 Å². The number of amides is 1. The molecule has 0 radical (unpaired) electrons. The molecule has 6 nitrogen and oxygen atoms in total. The van der Waals surface area contributed by atoms with E-state index in [2.05, 4.69) is 6.58 Å². The molecule has 0 aliphatic carbocycles. The second kappa shape index (κ2) is 10.3. The highest BCUT2D eigenvalue weighted by atomic mass is 32.2. The first kappa shape index (κ1) is 25.1. The summed E-state index contributed by atoms with van der Waals surface area (Å²) >= 11 is 0.983. The Morgan fingerprint density at radius 2 is 2.03 bits per heavy atom. The highest BCUT2D eigenvalue weighted by Crippen LogP contribution is 2.42. The molecule has 0 saturated carbocycles. The lowest BCUT2D eigenvalue weighted by molar-refractivity contribution is -0.215. The summed E-state index contributed by atoms with van der Waals surface area (Å²) in [5.41, 5.74) is 0.0407. The molecule has 35 heavy (non-hydrogen) atoms. The number of halogens is 3. The van der Waals surface area contributed by atoms with E-state index in [9.17, 15) is 22.8 Å². The molecule has 4 rings (SSSR count). The summed E-state index contributed by atoms with van der Waals surface area (Å²) in [5.74, 6) is -0.767. The largest absolute Gasteiger partial charge is 0.466 e. The third-order valence-corrected chi connectivity index (χ3v) is 6.92. The van der Waals surface area contributed by atoms with E-state index in [1.807, 2.05) is 0 Å². The van der Waals surface area contributed by atoms with Crippen molar-refractivity contribution in [3.05, 3.63) is 59.7 Å². The molecule has 1 amide bonds. The fraction of sp³-hybridized carbons (Fsp3) is 0.360. The number of ether oxygens (including phenoxy) is 1. The third-order valence-electron chi connectivity index (χ3n) is 5.85. The van der Waals surface area contributed by atoms with Crippen LogP contribution in [0.25, 0.3) is 5.57 Å². The van der Waals surface area contributed by atoms with Crippen molar-refractivity contribution in [1.82, 2.24) is 4.90 Å². The molecule has 0 bridgehead atoms. The van der Waals surface area contributed by atoms with E-state index >= 15 is 0 Å². The molecule has 1 atom stereocenters. The van der Waals surface area contributed by atoms with Crippen LogP contribution in [0, 0.1) is 5.92 Å². The average molecular weight is 508 g/mol. The maximum atomic E-state index is 14.0. The summed E-state index contributed by atoms with van der Waals surface area (Å²) in [4.78, 5) is 36.9. The minimum Gasteiger partial charge on any atom is -0.466 e. The van der Waals surface area contributed by atoms with Crippen LogP contribution in [0.4, 0.5) is 13.2 Å². The number of carbonyl (C=O) groups excluding carboxylic acids is 2. The van der Waals surface area contributed by atoms with E-state index in [4.69, 9.17) is 14.5 Å². The second-order valence-corrected chi connectivity index (χ2v) is 9.32. The lowest BCUT2D eigenvalue weighted by Crippen LogP contribution is -2.30. The number of esters is 1. The summed E-state index contributed by atoms with van der Waals surface area (Å²) in [6.07, 6.45) is -3.58. The minimum absolute atomic E-state index is 0.0120. The van der Waals surface area contributed by atoms with Crippen molar-refractivity contribution >= 4 is 29.2 Å². The molecule has 2 heterocycles. The summed E-state index contributed by atoms with van der Waals surface area (Å²) in [6, 6.07) is 8.89. The molecule has 0 N–H and O–H groups in total. The van der Waals surface area contributed by atoms with Crippen LogP contribution >= 0.6 is 11.8 Å². The molecule has 1 fully saturated rings. The SMILES string of the molecule is C=C(C(=O)N1CCC(C(=O)OCC)C1)c1ccc(Sc2ccc3c(c2)CCOO3)c(C(F)(F)F)c1. The van der Waals surface area contributed by atoms with Crippen molar-refractivity contribution in [2.45, 2.75) is 35.7 Å². The summed E-state index contributed by atoms with van der Waals surface area (Å²) in [7, 11) is 0. The van der Waals surface area contributed by atoms with Crippen LogP contribution in [0.1, 0.15) is 30.0 Å². The Hall–Kier alpha value is -2.98. The van der Waals surface area contributed by atoms with Crippen LogP contribution in [0.5, 0.6) is 5.75 Å². The fourth-order valence-corrected chi connectivity index (χ4v) is 5.03. The van der Waals surface area contributed by atoms with Gasteiger partial charge in [0.2, 0.25) is 0 Å². The van der Waals surface area contributed by atoms with Crippen molar-refractivity contribution in [2.24, 2.45) is 5.92 Å². The molecule has 1 saturated heterocycles. The Bertz CT molecular complexity index is 1150. The Morgan fingerprint density at radius 1 is 1.23 bits per heavy atom. The van der Waals surface area contributed by atoms with Gasteiger partial charge in [-0.2, -0.15) is 18.1 Å². The van der Waals surface area contributed by atoms with Gasteiger partial charge in [-0.3, -0.25) is 9.59 Å². The first-order chi connectivity index (χ1) is 16.7. The summed E-state index contributed by atoms with van der Waals surface area (Å²) in [5, 5.41) is 0. The molecule has 0 spiro atoms. The summed E-state index contributed by atoms with van der Waals surface area (Å²) in [6.45, 7) is 6.54. The Morgan fingerprint density at radius 3 is 2.77 bits per heavy atom. The minimum atomic E-state index is -4.63. The molecule has 2 aromatic rings. The van der Waals surface area contributed by atoms with E-state index in [1.165, 1.54) is 17.0 Å². The molecule has 186 valence electrons. The number of hydrogen-bond donors (Lipinski definition) is 0. The first-order valence-electron chi connectivity index (χ1n) is 11.1. The van der Waals surface area contributed by atoms with Crippen LogP contribution in [0.15, 0.2) is 52.8 Å². The lowest BCUT2D eigenvalue weighted by atomic mass is 10.0. The van der Waals surface area contributed by atoms with Crippen molar-refractivity contribution in [3.63, 3.8) is 0 Å². The lowest BCUT2D eigenvalue weighted by Gasteiger charge is -2.20. The van der Waals surface area contributed by atoms with Crippen LogP contribution in [-0.2, 0) is 31.8 Å². The molecule has 2 aromatic carbocycles. The van der Waals surface area contributed by atoms with Gasteiger partial charge in [-0.25, -0.2) is 0 Å². The van der Waals surface area contributed by atoms with Crippen molar-refractivity contribution in [3.8, 4) is 5.75 Å². The number of hydrogen-bond acceptors (Lipinski definition) is 6. The predicted molar refractivity (Wildman–Crippen MR) is 123 cm³/mol. The number of nitrogens with zero attached hydrogens (tertiary/aromatic N) is 1. The summed E-state index contributed by atoms with van der Waals surface area (Å²) < 4.78 is 46.9. The Balaban J connectivity index is 1.53. The van der Waals surface area contributed by atoms with Crippen molar-refractivity contribution in [2.75, 3.05) is 26.3 Å². The molecular formula is C25H24F3NO5S. The van der Waals surface area contributed by atoms with E-state index in [0.29, 0.717) is 36.6 Å². The van der Waals surface area contributed by atoms with E-state index in [1.54, 1.807) is 25.1 Å². The standard InChI is InChI=1S/C25H24F3NO5S/c1-3-32-24(31)18-8-10-29(14-18)23(30)15(2)16-4-7-22(20(13-16)25(26,27)28)35-19-5-6-21-17(12-19)9-11-33-34-21/h4-7,12-13,18H,2-3,8-11,14H2,1H3. The van der Waals surface area contributed by atoms with Gasteiger partial charge in [0.25, 0.3) is 5.91 Å². The van der Waals surface area contributed by atoms with Crippen molar-refractivity contribution in [1.29, 1.82) is 0 Å². The zero-order chi connectivity index (χ0) is 25.2. The van der Waals surface area contributed by atoms with E-state index in [0.717, 1.165) is 23.4 Å². The average Bonchev–Trinajstić information content (AvgIpc) is 3.33. The smallest absolute Gasteiger partial charge is 0.417 e. The van der Waals surface area contributed by atoms with Gasteiger partial charge in [-0.05, 0) is 49.2 Å². The Labute approximate surface area is 205 Å². The number of carbonyl (C=O) groups is 2. The molecule has 2 aliphatic rings. The molecular weight excluding hydrogens is 483 g/mol. The highest BCUT2D eigenvalue weighted by molar-refractivity contribution is 7.99. The van der Waals surface area contributed by atoms with Crippen LogP contribution in [0.2, 0.25) is 0 Å².